The number of benzene rings is 1. The molecule has 1 aromatic rings. The lowest BCUT2D eigenvalue weighted by molar-refractivity contribution is 0.471. The lowest BCUT2D eigenvalue weighted by Gasteiger charge is -2.15. The highest BCUT2D eigenvalue weighted by Crippen LogP contribution is 2.17. The summed E-state index contributed by atoms with van der Waals surface area (Å²) in [5.74, 6) is -0.0742. The summed E-state index contributed by atoms with van der Waals surface area (Å²) in [6, 6.07) is 8.61. The second kappa shape index (κ2) is 5.06. The van der Waals surface area contributed by atoms with Gasteiger partial charge in [0, 0.05) is 19.1 Å². The van der Waals surface area contributed by atoms with Gasteiger partial charge < -0.3 is 5.73 Å². The first kappa shape index (κ1) is 13.0. The Balaban J connectivity index is 2.15. The van der Waals surface area contributed by atoms with Crippen LogP contribution in [0.3, 0.4) is 0 Å². The van der Waals surface area contributed by atoms with Gasteiger partial charge in [-0.3, -0.25) is 0 Å². The molecular weight excluding hydrogens is 250 g/mol. The summed E-state index contributed by atoms with van der Waals surface area (Å²) < 4.78 is 25.7. The van der Waals surface area contributed by atoms with Gasteiger partial charge in [0.25, 0.3) is 0 Å². The third-order valence-corrected chi connectivity index (χ3v) is 4.80. The standard InChI is InChI=1S/C12H15N3O2S/c13-7-10-2-1-3-11(6-10)9-18(16,17)15-5-4-12(14)8-15/h1-3,6,12H,4-5,8-9,14H2/t12-/m1/s1. The van der Waals surface area contributed by atoms with Crippen molar-refractivity contribution in [3.8, 4) is 6.07 Å². The molecule has 1 fully saturated rings. The Morgan fingerprint density at radius 2 is 2.28 bits per heavy atom. The second-order valence-corrected chi connectivity index (χ2v) is 6.44. The highest BCUT2D eigenvalue weighted by Gasteiger charge is 2.29. The first-order chi connectivity index (χ1) is 8.51. The molecule has 0 spiro atoms. The third-order valence-electron chi connectivity index (χ3n) is 2.99. The van der Waals surface area contributed by atoms with Crippen LogP contribution in [0.1, 0.15) is 17.5 Å². The Morgan fingerprint density at radius 3 is 2.89 bits per heavy atom. The highest BCUT2D eigenvalue weighted by molar-refractivity contribution is 7.88. The van der Waals surface area contributed by atoms with Gasteiger partial charge in [-0.05, 0) is 24.1 Å². The Kier molecular flexibility index (Phi) is 3.66. The van der Waals surface area contributed by atoms with Crippen molar-refractivity contribution in [2.24, 2.45) is 5.73 Å². The molecule has 0 unspecified atom stereocenters. The molecule has 18 heavy (non-hydrogen) atoms. The van der Waals surface area contributed by atoms with E-state index in [1.54, 1.807) is 24.3 Å². The number of nitrogens with zero attached hydrogens (tertiary/aromatic N) is 2. The summed E-state index contributed by atoms with van der Waals surface area (Å²) in [7, 11) is -3.33. The minimum atomic E-state index is -3.33. The van der Waals surface area contributed by atoms with Crippen molar-refractivity contribution in [3.05, 3.63) is 35.4 Å². The average Bonchev–Trinajstić information content (AvgIpc) is 2.76. The first-order valence-corrected chi connectivity index (χ1v) is 7.34. The largest absolute Gasteiger partial charge is 0.326 e. The van der Waals surface area contributed by atoms with Gasteiger partial charge in [-0.1, -0.05) is 12.1 Å². The Hall–Kier alpha value is -1.42. The van der Waals surface area contributed by atoms with Crippen LogP contribution in [-0.2, 0) is 15.8 Å². The van der Waals surface area contributed by atoms with E-state index in [0.717, 1.165) is 0 Å². The van der Waals surface area contributed by atoms with Gasteiger partial charge in [0.05, 0.1) is 17.4 Å². The normalized spacial score (nSPS) is 20.8. The average molecular weight is 265 g/mol. The molecule has 2 N–H and O–H groups in total. The Bertz CT molecular complexity index is 577. The second-order valence-electron chi connectivity index (χ2n) is 4.48. The molecule has 1 aromatic carbocycles. The van der Waals surface area contributed by atoms with E-state index in [2.05, 4.69) is 0 Å². The van der Waals surface area contributed by atoms with Gasteiger partial charge in [-0.2, -0.15) is 5.26 Å². The van der Waals surface area contributed by atoms with E-state index in [1.165, 1.54) is 4.31 Å². The molecule has 1 aliphatic heterocycles. The summed E-state index contributed by atoms with van der Waals surface area (Å²) in [4.78, 5) is 0. The number of sulfonamides is 1. The number of nitriles is 1. The van der Waals surface area contributed by atoms with E-state index < -0.39 is 10.0 Å². The fraction of sp³-hybridized carbons (Fsp3) is 0.417. The molecule has 6 heteroatoms. The van der Waals surface area contributed by atoms with Crippen LogP contribution in [0, 0.1) is 11.3 Å². The van der Waals surface area contributed by atoms with Crippen LogP contribution in [0.5, 0.6) is 0 Å². The third kappa shape index (κ3) is 2.88. The van der Waals surface area contributed by atoms with Crippen molar-refractivity contribution >= 4 is 10.0 Å². The number of nitrogens with two attached hydrogens (primary N) is 1. The highest BCUT2D eigenvalue weighted by atomic mass is 32.2. The molecule has 0 amide bonds. The fourth-order valence-corrected chi connectivity index (χ4v) is 3.62. The van der Waals surface area contributed by atoms with Gasteiger partial charge >= 0.3 is 0 Å². The first-order valence-electron chi connectivity index (χ1n) is 5.74. The molecule has 0 aliphatic carbocycles. The van der Waals surface area contributed by atoms with E-state index >= 15 is 0 Å². The summed E-state index contributed by atoms with van der Waals surface area (Å²) in [6.07, 6.45) is 0.706. The van der Waals surface area contributed by atoms with Crippen LogP contribution < -0.4 is 5.73 Å². The lowest BCUT2D eigenvalue weighted by Crippen LogP contribution is -2.32. The van der Waals surface area contributed by atoms with Crippen LogP contribution in [0.4, 0.5) is 0 Å². The molecular formula is C12H15N3O2S. The number of rotatable bonds is 3. The maximum Gasteiger partial charge on any atom is 0.218 e. The zero-order valence-electron chi connectivity index (χ0n) is 9.91. The minimum Gasteiger partial charge on any atom is -0.326 e. The van der Waals surface area contributed by atoms with Gasteiger partial charge in [0.15, 0.2) is 0 Å². The quantitative estimate of drug-likeness (QED) is 0.858. The molecule has 96 valence electrons. The predicted molar refractivity (Wildman–Crippen MR) is 67.9 cm³/mol. The predicted octanol–water partition coefficient (Wildman–Crippen LogP) is 0.421. The Morgan fingerprint density at radius 1 is 1.50 bits per heavy atom. The molecule has 0 saturated carbocycles. The fourth-order valence-electron chi connectivity index (χ4n) is 2.04. The van der Waals surface area contributed by atoms with E-state index in [0.29, 0.717) is 30.6 Å². The molecule has 0 radical (unpaired) electrons. The van der Waals surface area contributed by atoms with Gasteiger partial charge in [-0.25, -0.2) is 12.7 Å². The minimum absolute atomic E-state index is 0.0646. The van der Waals surface area contributed by atoms with Crippen molar-refractivity contribution in [1.29, 1.82) is 5.26 Å². The zero-order chi connectivity index (χ0) is 13.2. The maximum atomic E-state index is 12.1. The summed E-state index contributed by atoms with van der Waals surface area (Å²) in [5.41, 5.74) is 6.82. The smallest absolute Gasteiger partial charge is 0.218 e. The monoisotopic (exact) mass is 265 g/mol. The maximum absolute atomic E-state index is 12.1. The molecule has 5 nitrogen and oxygen atoms in total. The molecule has 0 aromatic heterocycles. The van der Waals surface area contributed by atoms with E-state index in [-0.39, 0.29) is 11.8 Å². The van der Waals surface area contributed by atoms with Crippen LogP contribution in [0.2, 0.25) is 0 Å². The molecule has 1 aliphatic rings. The topological polar surface area (TPSA) is 87.2 Å². The molecule has 2 rings (SSSR count). The van der Waals surface area contributed by atoms with Crippen molar-refractivity contribution in [2.45, 2.75) is 18.2 Å². The summed E-state index contributed by atoms with van der Waals surface area (Å²) in [6.45, 7) is 0.877. The van der Waals surface area contributed by atoms with Crippen LogP contribution in [-0.4, -0.2) is 31.9 Å². The van der Waals surface area contributed by atoms with Crippen LogP contribution in [0.25, 0.3) is 0 Å². The van der Waals surface area contributed by atoms with Crippen molar-refractivity contribution in [1.82, 2.24) is 4.31 Å². The molecule has 1 atom stereocenters. The van der Waals surface area contributed by atoms with E-state index in [4.69, 9.17) is 11.0 Å². The van der Waals surface area contributed by atoms with Crippen LogP contribution in [0.15, 0.2) is 24.3 Å². The van der Waals surface area contributed by atoms with E-state index in [1.807, 2.05) is 6.07 Å². The van der Waals surface area contributed by atoms with E-state index in [9.17, 15) is 8.42 Å². The number of hydrogen-bond acceptors (Lipinski definition) is 4. The van der Waals surface area contributed by atoms with Crippen molar-refractivity contribution in [3.63, 3.8) is 0 Å². The molecule has 1 saturated heterocycles. The van der Waals surface area contributed by atoms with Crippen LogP contribution >= 0.6 is 0 Å². The van der Waals surface area contributed by atoms with Crippen molar-refractivity contribution < 1.29 is 8.42 Å². The lowest BCUT2D eigenvalue weighted by atomic mass is 10.2. The van der Waals surface area contributed by atoms with Gasteiger partial charge in [-0.15, -0.1) is 0 Å². The zero-order valence-corrected chi connectivity index (χ0v) is 10.7. The van der Waals surface area contributed by atoms with Crippen molar-refractivity contribution in [2.75, 3.05) is 13.1 Å². The summed E-state index contributed by atoms with van der Waals surface area (Å²) >= 11 is 0. The molecule has 1 heterocycles. The Labute approximate surface area is 107 Å². The van der Waals surface area contributed by atoms with Gasteiger partial charge in [0.2, 0.25) is 10.0 Å². The summed E-state index contributed by atoms with van der Waals surface area (Å²) in [5, 5.41) is 8.78. The number of hydrogen-bond donors (Lipinski definition) is 1. The van der Waals surface area contributed by atoms with Gasteiger partial charge in [0.1, 0.15) is 0 Å². The molecule has 0 bridgehead atoms. The SMILES string of the molecule is N#Cc1cccc(CS(=O)(=O)N2CC[C@@H](N)C2)c1.